The van der Waals surface area contributed by atoms with Crippen molar-refractivity contribution in [1.82, 2.24) is 10.1 Å². The fourth-order valence-corrected chi connectivity index (χ4v) is 3.56. The average Bonchev–Trinajstić information content (AvgIpc) is 3.28. The van der Waals surface area contributed by atoms with Gasteiger partial charge in [0.1, 0.15) is 11.5 Å². The van der Waals surface area contributed by atoms with Gasteiger partial charge in [0.2, 0.25) is 5.60 Å². The standard InChI is InChI=1S/C20H24BFN2O5/c1-18(2)19(3,4)29-21(28-18)13-8-12(9-14(22)10-13)15-11-16(27-23-15)20(26)6-7-24(5)17(20)25/h8-11,26H,6-7H2,1-5H3/t20-/m1/s1. The highest BCUT2D eigenvalue weighted by Gasteiger charge is 2.52. The van der Waals surface area contributed by atoms with Crippen molar-refractivity contribution in [2.75, 3.05) is 13.6 Å². The van der Waals surface area contributed by atoms with E-state index in [0.29, 0.717) is 23.3 Å². The number of rotatable bonds is 3. The Labute approximate surface area is 168 Å². The summed E-state index contributed by atoms with van der Waals surface area (Å²) >= 11 is 0. The number of aromatic nitrogens is 1. The van der Waals surface area contributed by atoms with Gasteiger partial charge in [-0.05, 0) is 45.3 Å². The summed E-state index contributed by atoms with van der Waals surface area (Å²) in [5, 5.41) is 14.7. The van der Waals surface area contributed by atoms with Gasteiger partial charge in [-0.2, -0.15) is 0 Å². The Morgan fingerprint density at radius 2 is 1.79 bits per heavy atom. The molecule has 1 aromatic heterocycles. The lowest BCUT2D eigenvalue weighted by molar-refractivity contribution is -0.144. The summed E-state index contributed by atoms with van der Waals surface area (Å²) in [6.07, 6.45) is 0.208. The van der Waals surface area contributed by atoms with Crippen LogP contribution in [0.4, 0.5) is 4.39 Å². The summed E-state index contributed by atoms with van der Waals surface area (Å²) in [5.41, 5.74) is -1.59. The minimum absolute atomic E-state index is 0.0447. The van der Waals surface area contributed by atoms with Crippen molar-refractivity contribution in [3.05, 3.63) is 35.8 Å². The molecule has 4 rings (SSSR count). The second-order valence-electron chi connectivity index (χ2n) is 8.77. The second kappa shape index (κ2) is 6.39. The van der Waals surface area contributed by atoms with Crippen molar-refractivity contribution in [3.8, 4) is 11.3 Å². The molecular weight excluding hydrogens is 378 g/mol. The zero-order valence-corrected chi connectivity index (χ0v) is 17.2. The molecule has 2 fully saturated rings. The molecule has 2 aliphatic heterocycles. The molecule has 0 radical (unpaired) electrons. The van der Waals surface area contributed by atoms with Crippen LogP contribution in [0.15, 0.2) is 28.8 Å². The summed E-state index contributed by atoms with van der Waals surface area (Å²) in [6.45, 7) is 8.11. The van der Waals surface area contributed by atoms with Gasteiger partial charge in [-0.25, -0.2) is 4.39 Å². The van der Waals surface area contributed by atoms with Crippen LogP contribution in [0.25, 0.3) is 11.3 Å². The van der Waals surface area contributed by atoms with Crippen LogP contribution in [-0.2, 0) is 19.7 Å². The number of hydrogen-bond acceptors (Lipinski definition) is 6. The Kier molecular flexibility index (Phi) is 4.42. The molecule has 0 unspecified atom stereocenters. The largest absolute Gasteiger partial charge is 0.494 e. The highest BCUT2D eigenvalue weighted by Crippen LogP contribution is 2.37. The molecule has 7 nitrogen and oxygen atoms in total. The number of carbonyl (C=O) groups excluding carboxylic acids is 1. The number of likely N-dealkylation sites (tertiary alicyclic amines) is 1. The van der Waals surface area contributed by atoms with Crippen LogP contribution in [0.5, 0.6) is 0 Å². The molecule has 1 atom stereocenters. The van der Waals surface area contributed by atoms with E-state index in [1.54, 1.807) is 13.1 Å². The molecule has 1 aromatic carbocycles. The van der Waals surface area contributed by atoms with Crippen molar-refractivity contribution < 1.29 is 28.1 Å². The number of benzene rings is 1. The molecule has 154 valence electrons. The van der Waals surface area contributed by atoms with Crippen LogP contribution in [0.3, 0.4) is 0 Å². The lowest BCUT2D eigenvalue weighted by Gasteiger charge is -2.32. The summed E-state index contributed by atoms with van der Waals surface area (Å²) in [4.78, 5) is 13.7. The predicted octanol–water partition coefficient (Wildman–Crippen LogP) is 1.83. The topological polar surface area (TPSA) is 85.0 Å². The van der Waals surface area contributed by atoms with Crippen LogP contribution < -0.4 is 5.46 Å². The third-order valence-corrected chi connectivity index (χ3v) is 6.17. The number of carbonyl (C=O) groups is 1. The highest BCUT2D eigenvalue weighted by atomic mass is 19.1. The monoisotopic (exact) mass is 402 g/mol. The summed E-state index contributed by atoms with van der Waals surface area (Å²) in [7, 11) is 0.885. The minimum atomic E-state index is -1.75. The molecule has 0 bridgehead atoms. The SMILES string of the molecule is CN1CC[C@@](O)(c2cc(-c3cc(F)cc(B4OC(C)(C)C(C)(C)O4)c3)no2)C1=O. The van der Waals surface area contributed by atoms with Gasteiger partial charge in [-0.15, -0.1) is 0 Å². The average molecular weight is 402 g/mol. The van der Waals surface area contributed by atoms with Crippen LogP contribution in [0.1, 0.15) is 39.9 Å². The summed E-state index contributed by atoms with van der Waals surface area (Å²) < 4.78 is 31.6. The molecule has 2 saturated heterocycles. The Morgan fingerprint density at radius 3 is 2.38 bits per heavy atom. The maximum absolute atomic E-state index is 14.4. The van der Waals surface area contributed by atoms with Gasteiger partial charge in [0.05, 0.1) is 11.2 Å². The second-order valence-corrected chi connectivity index (χ2v) is 8.77. The predicted molar refractivity (Wildman–Crippen MR) is 104 cm³/mol. The molecule has 9 heteroatoms. The smallest absolute Gasteiger partial charge is 0.399 e. The lowest BCUT2D eigenvalue weighted by atomic mass is 9.78. The van der Waals surface area contributed by atoms with Crippen molar-refractivity contribution in [2.24, 2.45) is 0 Å². The van der Waals surface area contributed by atoms with E-state index < -0.39 is 35.6 Å². The lowest BCUT2D eigenvalue weighted by Crippen LogP contribution is -2.41. The molecule has 1 N–H and O–H groups in total. The highest BCUT2D eigenvalue weighted by molar-refractivity contribution is 6.62. The van der Waals surface area contributed by atoms with Crippen molar-refractivity contribution >= 4 is 18.5 Å². The van der Waals surface area contributed by atoms with Gasteiger partial charge < -0.3 is 23.8 Å². The number of amides is 1. The minimum Gasteiger partial charge on any atom is -0.399 e. The van der Waals surface area contributed by atoms with E-state index in [9.17, 15) is 14.3 Å². The van der Waals surface area contributed by atoms with Gasteiger partial charge in [-0.3, -0.25) is 4.79 Å². The number of hydrogen-bond donors (Lipinski definition) is 1. The molecule has 0 aliphatic carbocycles. The quantitative estimate of drug-likeness (QED) is 0.789. The Bertz CT molecular complexity index is 960. The normalized spacial score (nSPS) is 25.8. The molecule has 2 aromatic rings. The van der Waals surface area contributed by atoms with E-state index in [4.69, 9.17) is 13.8 Å². The molecule has 1 amide bonds. The maximum Gasteiger partial charge on any atom is 0.494 e. The fraction of sp³-hybridized carbons (Fsp3) is 0.500. The van der Waals surface area contributed by atoms with Gasteiger partial charge in [0, 0.05) is 31.6 Å². The van der Waals surface area contributed by atoms with E-state index in [1.807, 2.05) is 27.7 Å². The molecule has 0 saturated carbocycles. The number of nitrogens with zero attached hydrogens (tertiary/aromatic N) is 2. The van der Waals surface area contributed by atoms with Gasteiger partial charge in [-0.1, -0.05) is 11.2 Å². The number of likely N-dealkylation sites (N-methyl/N-ethyl adjacent to an activating group) is 1. The van der Waals surface area contributed by atoms with Crippen LogP contribution >= 0.6 is 0 Å². The van der Waals surface area contributed by atoms with E-state index in [2.05, 4.69) is 5.16 Å². The van der Waals surface area contributed by atoms with Crippen molar-refractivity contribution in [2.45, 2.75) is 50.9 Å². The first-order valence-corrected chi connectivity index (χ1v) is 9.55. The zero-order chi connectivity index (χ0) is 21.2. The first-order chi connectivity index (χ1) is 13.4. The van der Waals surface area contributed by atoms with Crippen LogP contribution in [0, 0.1) is 5.82 Å². The first kappa shape index (κ1) is 20.1. The molecule has 3 heterocycles. The van der Waals surface area contributed by atoms with Crippen molar-refractivity contribution in [3.63, 3.8) is 0 Å². The van der Waals surface area contributed by atoms with Crippen LogP contribution in [0.2, 0.25) is 0 Å². The molecular formula is C20H24BFN2O5. The number of halogens is 1. The summed E-state index contributed by atoms with van der Waals surface area (Å²) in [5.74, 6) is -0.882. The maximum atomic E-state index is 14.4. The van der Waals surface area contributed by atoms with Gasteiger partial charge in [0.25, 0.3) is 5.91 Å². The zero-order valence-electron chi connectivity index (χ0n) is 17.2. The van der Waals surface area contributed by atoms with Crippen molar-refractivity contribution in [1.29, 1.82) is 0 Å². The Morgan fingerprint density at radius 1 is 1.14 bits per heavy atom. The third-order valence-electron chi connectivity index (χ3n) is 6.17. The molecule has 0 spiro atoms. The molecule has 29 heavy (non-hydrogen) atoms. The van der Waals surface area contributed by atoms with Gasteiger partial charge >= 0.3 is 7.12 Å². The molecule has 2 aliphatic rings. The Hall–Kier alpha value is -2.23. The van der Waals surface area contributed by atoms with Crippen LogP contribution in [-0.4, -0.2) is 53.0 Å². The fourth-order valence-electron chi connectivity index (χ4n) is 3.56. The van der Waals surface area contributed by atoms with E-state index in [1.165, 1.54) is 23.1 Å². The number of aliphatic hydroxyl groups is 1. The van der Waals surface area contributed by atoms with E-state index in [-0.39, 0.29) is 12.2 Å². The Balaban J connectivity index is 1.66. The first-order valence-electron chi connectivity index (χ1n) is 9.55. The summed E-state index contributed by atoms with van der Waals surface area (Å²) in [6, 6.07) is 5.85. The third kappa shape index (κ3) is 3.17. The van der Waals surface area contributed by atoms with Gasteiger partial charge in [0.15, 0.2) is 5.76 Å². The van der Waals surface area contributed by atoms with E-state index in [0.717, 1.165) is 0 Å². The van der Waals surface area contributed by atoms with E-state index >= 15 is 0 Å².